The van der Waals surface area contributed by atoms with E-state index in [-0.39, 0.29) is 23.3 Å². The van der Waals surface area contributed by atoms with Crippen LogP contribution in [0.1, 0.15) is 6.42 Å². The van der Waals surface area contributed by atoms with Crippen molar-refractivity contribution in [3.63, 3.8) is 0 Å². The van der Waals surface area contributed by atoms with E-state index in [1.54, 1.807) is 17.0 Å². The van der Waals surface area contributed by atoms with Crippen LogP contribution in [0.4, 0.5) is 33.7 Å². The van der Waals surface area contributed by atoms with Gasteiger partial charge in [0, 0.05) is 31.0 Å². The van der Waals surface area contributed by atoms with Crippen LogP contribution in [0.3, 0.4) is 0 Å². The Labute approximate surface area is 198 Å². The van der Waals surface area contributed by atoms with E-state index in [1.165, 1.54) is 12.1 Å². The number of para-hydroxylation sites is 1. The average molecular weight is 496 g/mol. The Bertz CT molecular complexity index is 1080. The molecule has 35 heavy (non-hydrogen) atoms. The quantitative estimate of drug-likeness (QED) is 0.622. The zero-order valence-corrected chi connectivity index (χ0v) is 18.8. The third-order valence-electron chi connectivity index (χ3n) is 5.94. The second-order valence-corrected chi connectivity index (χ2v) is 8.31. The van der Waals surface area contributed by atoms with Gasteiger partial charge >= 0.3 is 18.2 Å². The highest BCUT2D eigenvalue weighted by Crippen LogP contribution is 2.33. The number of aliphatic carboxylic acids is 1. The number of anilines is 2. The number of benzene rings is 2. The smallest absolute Gasteiger partial charge is 0.475 e. The van der Waals surface area contributed by atoms with Gasteiger partial charge in [-0.25, -0.2) is 14.0 Å². The van der Waals surface area contributed by atoms with Gasteiger partial charge in [-0.3, -0.25) is 9.69 Å². The van der Waals surface area contributed by atoms with Crippen molar-refractivity contribution >= 4 is 29.3 Å². The first kappa shape index (κ1) is 25.9. The molecule has 2 aromatic carbocycles. The van der Waals surface area contributed by atoms with Crippen molar-refractivity contribution in [2.24, 2.45) is 0 Å². The van der Waals surface area contributed by atoms with Crippen LogP contribution < -0.4 is 10.2 Å². The van der Waals surface area contributed by atoms with E-state index < -0.39 is 12.1 Å². The van der Waals surface area contributed by atoms with Crippen molar-refractivity contribution in [3.05, 3.63) is 60.4 Å². The number of nitrogens with one attached hydrogen (secondary N) is 1. The van der Waals surface area contributed by atoms with Gasteiger partial charge < -0.3 is 20.2 Å². The number of hydrogen-bond donors (Lipinski definition) is 2. The number of halogens is 4. The number of nitrogens with zero attached hydrogens (tertiary/aromatic N) is 3. The molecule has 2 aromatic rings. The van der Waals surface area contributed by atoms with Crippen LogP contribution in [0, 0.1) is 5.82 Å². The predicted molar refractivity (Wildman–Crippen MR) is 119 cm³/mol. The first-order chi connectivity index (χ1) is 16.4. The molecule has 2 fully saturated rings. The third-order valence-corrected chi connectivity index (χ3v) is 5.94. The van der Waals surface area contributed by atoms with Crippen LogP contribution in [-0.2, 0) is 9.59 Å². The number of piperazine rings is 1. The molecule has 1 unspecified atom stereocenters. The molecule has 3 amide bonds. The summed E-state index contributed by atoms with van der Waals surface area (Å²) in [5.74, 6) is -3.09. The first-order valence-electron chi connectivity index (χ1n) is 10.6. The highest BCUT2D eigenvalue weighted by Gasteiger charge is 2.48. The Morgan fingerprint density at radius 2 is 1.71 bits per heavy atom. The number of carbonyl (C=O) groups is 3. The van der Waals surface area contributed by atoms with E-state index in [0.717, 1.165) is 12.1 Å². The zero-order chi connectivity index (χ0) is 25.8. The van der Waals surface area contributed by atoms with Crippen LogP contribution in [0.15, 0.2) is 54.6 Å². The van der Waals surface area contributed by atoms with E-state index in [2.05, 4.69) is 10.2 Å². The molecule has 4 rings (SSSR count). The van der Waals surface area contributed by atoms with E-state index in [1.807, 2.05) is 42.3 Å². The Morgan fingerprint density at radius 3 is 2.31 bits per heavy atom. The van der Waals surface area contributed by atoms with Gasteiger partial charge in [-0.1, -0.05) is 24.3 Å². The highest BCUT2D eigenvalue weighted by molar-refractivity contribution is 5.96. The van der Waals surface area contributed by atoms with Gasteiger partial charge in [0.15, 0.2) is 0 Å². The normalized spacial score (nSPS) is 20.4. The predicted octanol–water partition coefficient (Wildman–Crippen LogP) is 3.41. The molecular weight excluding hydrogens is 472 g/mol. The SMILES string of the molecule is CN1CC(=O)N(c2ccccc2)CC12CCN(C(=O)Nc1cccc(F)c1)C2.O=C(O)C(F)(F)F. The number of likely N-dealkylation sites (tertiary alicyclic amines) is 1. The molecule has 2 N–H and O–H groups in total. The Morgan fingerprint density at radius 1 is 1.06 bits per heavy atom. The largest absolute Gasteiger partial charge is 0.490 e. The van der Waals surface area contributed by atoms with Gasteiger partial charge in [0.1, 0.15) is 5.82 Å². The number of hydrogen-bond acceptors (Lipinski definition) is 4. The summed E-state index contributed by atoms with van der Waals surface area (Å²) < 4.78 is 45.1. The Hall–Kier alpha value is -3.67. The van der Waals surface area contributed by atoms with Gasteiger partial charge in [-0.05, 0) is 43.8 Å². The zero-order valence-electron chi connectivity index (χ0n) is 18.8. The maximum Gasteiger partial charge on any atom is 0.490 e. The topological polar surface area (TPSA) is 93.2 Å². The number of rotatable bonds is 2. The maximum atomic E-state index is 13.4. The number of urea groups is 1. The van der Waals surface area contributed by atoms with Gasteiger partial charge in [0.25, 0.3) is 0 Å². The number of alkyl halides is 3. The van der Waals surface area contributed by atoms with Crippen molar-refractivity contribution in [3.8, 4) is 0 Å². The van der Waals surface area contributed by atoms with Crippen molar-refractivity contribution in [2.45, 2.75) is 18.1 Å². The molecule has 0 aliphatic carbocycles. The molecule has 0 radical (unpaired) electrons. The Kier molecular flexibility index (Phi) is 7.64. The number of amides is 3. The van der Waals surface area contributed by atoms with Crippen LogP contribution in [-0.4, -0.2) is 77.8 Å². The minimum atomic E-state index is -5.08. The molecule has 1 spiro atoms. The summed E-state index contributed by atoms with van der Waals surface area (Å²) in [6.45, 7) is 1.95. The Balaban J connectivity index is 0.000000429. The molecular formula is C23H24F4N4O4. The molecule has 2 aliphatic heterocycles. The van der Waals surface area contributed by atoms with E-state index in [0.29, 0.717) is 31.9 Å². The fraction of sp³-hybridized carbons (Fsp3) is 0.348. The summed E-state index contributed by atoms with van der Waals surface area (Å²) in [5, 5.41) is 9.89. The van der Waals surface area contributed by atoms with E-state index >= 15 is 0 Å². The summed E-state index contributed by atoms with van der Waals surface area (Å²) in [7, 11) is 1.94. The minimum Gasteiger partial charge on any atom is -0.475 e. The average Bonchev–Trinajstić information content (AvgIpc) is 3.22. The maximum absolute atomic E-state index is 13.4. The molecule has 2 heterocycles. The molecule has 2 saturated heterocycles. The van der Waals surface area contributed by atoms with Gasteiger partial charge in [0.2, 0.25) is 5.91 Å². The van der Waals surface area contributed by atoms with E-state index in [4.69, 9.17) is 9.90 Å². The fourth-order valence-electron chi connectivity index (χ4n) is 4.04. The van der Waals surface area contributed by atoms with Crippen molar-refractivity contribution < 1.29 is 37.1 Å². The molecule has 0 bridgehead atoms. The lowest BCUT2D eigenvalue weighted by Gasteiger charge is -2.46. The summed E-state index contributed by atoms with van der Waals surface area (Å²) in [6.07, 6.45) is -4.31. The molecule has 8 nitrogen and oxygen atoms in total. The summed E-state index contributed by atoms with van der Waals surface area (Å²) in [6, 6.07) is 15.2. The number of likely N-dealkylation sites (N-methyl/N-ethyl adjacent to an activating group) is 1. The summed E-state index contributed by atoms with van der Waals surface area (Å²) in [5.41, 5.74) is 1.02. The van der Waals surface area contributed by atoms with Crippen molar-refractivity contribution in [2.75, 3.05) is 43.4 Å². The van der Waals surface area contributed by atoms with E-state index in [9.17, 15) is 27.2 Å². The van der Waals surface area contributed by atoms with Gasteiger partial charge in [0.05, 0.1) is 12.1 Å². The summed E-state index contributed by atoms with van der Waals surface area (Å²) in [4.78, 5) is 39.8. The fourth-order valence-corrected chi connectivity index (χ4v) is 4.04. The molecule has 0 saturated carbocycles. The number of carbonyl (C=O) groups excluding carboxylic acids is 2. The lowest BCUT2D eigenvalue weighted by molar-refractivity contribution is -0.192. The van der Waals surface area contributed by atoms with Gasteiger partial charge in [-0.2, -0.15) is 13.2 Å². The standard InChI is InChI=1S/C21H23FN4O2.C2HF3O2/c1-24-13-19(27)26(18-8-3-2-4-9-18)15-21(24)10-11-25(14-21)20(28)23-17-7-5-6-16(22)12-17;3-2(4,5)1(6)7/h2-9,12H,10-11,13-15H2,1H3,(H,23,28);(H,6,7). The van der Waals surface area contributed by atoms with Crippen LogP contribution in [0.25, 0.3) is 0 Å². The molecule has 1 atom stereocenters. The van der Waals surface area contributed by atoms with Crippen molar-refractivity contribution in [1.82, 2.24) is 9.80 Å². The minimum absolute atomic E-state index is 0.0574. The van der Waals surface area contributed by atoms with Crippen LogP contribution in [0.2, 0.25) is 0 Å². The van der Waals surface area contributed by atoms with Crippen molar-refractivity contribution in [1.29, 1.82) is 0 Å². The van der Waals surface area contributed by atoms with Crippen LogP contribution in [0.5, 0.6) is 0 Å². The summed E-state index contributed by atoms with van der Waals surface area (Å²) >= 11 is 0. The second kappa shape index (κ2) is 10.3. The number of carboxylic acid groups (broad SMARTS) is 1. The molecule has 2 aliphatic rings. The highest BCUT2D eigenvalue weighted by atomic mass is 19.4. The monoisotopic (exact) mass is 496 g/mol. The van der Waals surface area contributed by atoms with Gasteiger partial charge in [-0.15, -0.1) is 0 Å². The first-order valence-corrected chi connectivity index (χ1v) is 10.6. The molecule has 12 heteroatoms. The molecule has 188 valence electrons. The lowest BCUT2D eigenvalue weighted by atomic mass is 9.92. The van der Waals surface area contributed by atoms with Crippen LogP contribution >= 0.6 is 0 Å². The molecule has 0 aromatic heterocycles. The second-order valence-electron chi connectivity index (χ2n) is 8.31. The third kappa shape index (κ3) is 6.27. The number of carboxylic acids is 1. The lowest BCUT2D eigenvalue weighted by Crippen LogP contribution is -2.64.